The molecule has 38 heavy (non-hydrogen) atoms. The predicted molar refractivity (Wildman–Crippen MR) is 132 cm³/mol. The molecular formula is C22H33N7O9. The molecule has 1 aromatic carbocycles. The number of aliphatic hydroxyl groups is 1. The summed E-state index contributed by atoms with van der Waals surface area (Å²) in [7, 11) is 0. The van der Waals surface area contributed by atoms with Gasteiger partial charge >= 0.3 is 11.9 Å². The van der Waals surface area contributed by atoms with Gasteiger partial charge in [0.1, 0.15) is 29.9 Å². The number of phenols is 1. The number of nitrogens with two attached hydrogens (primary N) is 3. The Hall–Kier alpha value is -4.44. The van der Waals surface area contributed by atoms with Crippen LogP contribution < -0.4 is 33.2 Å². The van der Waals surface area contributed by atoms with Crippen LogP contribution in [0.2, 0.25) is 0 Å². The fraction of sp³-hybridized carbons (Fsp3) is 0.455. The molecular weight excluding hydrogens is 506 g/mol. The molecule has 0 aliphatic heterocycles. The van der Waals surface area contributed by atoms with Crippen LogP contribution in [0.4, 0.5) is 0 Å². The Morgan fingerprint density at radius 3 is 1.95 bits per heavy atom. The number of amides is 3. The molecule has 13 N–H and O–H groups in total. The Labute approximate surface area is 217 Å². The third-order valence-electron chi connectivity index (χ3n) is 5.11. The van der Waals surface area contributed by atoms with Crippen molar-refractivity contribution in [3.05, 3.63) is 29.8 Å². The molecule has 0 radical (unpaired) electrons. The molecule has 0 aliphatic carbocycles. The highest BCUT2D eigenvalue weighted by molar-refractivity contribution is 5.95. The van der Waals surface area contributed by atoms with Crippen LogP contribution in [0.5, 0.6) is 5.75 Å². The first kappa shape index (κ1) is 31.6. The molecule has 1 aromatic rings. The molecule has 0 heterocycles. The van der Waals surface area contributed by atoms with Crippen molar-refractivity contribution in [2.75, 3.05) is 13.2 Å². The fourth-order valence-corrected chi connectivity index (χ4v) is 3.13. The van der Waals surface area contributed by atoms with Crippen LogP contribution in [-0.4, -0.2) is 93.4 Å². The molecule has 210 valence electrons. The average molecular weight is 540 g/mol. The van der Waals surface area contributed by atoms with Crippen LogP contribution in [0, 0.1) is 0 Å². The van der Waals surface area contributed by atoms with E-state index in [1.54, 1.807) is 0 Å². The number of guanidine groups is 1. The Morgan fingerprint density at radius 1 is 0.868 bits per heavy atom. The number of benzene rings is 1. The third kappa shape index (κ3) is 11.5. The summed E-state index contributed by atoms with van der Waals surface area (Å²) >= 11 is 0. The number of carboxylic acids is 2. The van der Waals surface area contributed by atoms with Gasteiger partial charge in [0.05, 0.1) is 13.0 Å². The minimum absolute atomic E-state index is 0.0504. The summed E-state index contributed by atoms with van der Waals surface area (Å²) < 4.78 is 0. The van der Waals surface area contributed by atoms with Gasteiger partial charge in [0.25, 0.3) is 0 Å². The third-order valence-corrected chi connectivity index (χ3v) is 5.11. The van der Waals surface area contributed by atoms with Crippen molar-refractivity contribution in [2.24, 2.45) is 22.2 Å². The van der Waals surface area contributed by atoms with E-state index in [-0.39, 0.29) is 37.5 Å². The number of nitrogens with zero attached hydrogens (tertiary/aromatic N) is 1. The lowest BCUT2D eigenvalue weighted by Gasteiger charge is -2.24. The molecule has 1 rings (SSSR count). The van der Waals surface area contributed by atoms with Gasteiger partial charge in [-0.05, 0) is 30.5 Å². The molecule has 16 heteroatoms. The second-order valence-corrected chi connectivity index (χ2v) is 8.23. The van der Waals surface area contributed by atoms with Gasteiger partial charge in [-0.15, -0.1) is 0 Å². The van der Waals surface area contributed by atoms with E-state index in [9.17, 15) is 39.3 Å². The SMILES string of the molecule is NC(N)=NCCCC(NC(=O)C(CC(=O)O)NC(=O)C(Cc1ccc(O)cc1)NC(=O)C(N)CO)C(=O)O. The summed E-state index contributed by atoms with van der Waals surface area (Å²) in [5.74, 6) is -6.07. The average Bonchev–Trinajstić information content (AvgIpc) is 2.84. The Balaban J connectivity index is 3.06. The fourth-order valence-electron chi connectivity index (χ4n) is 3.13. The van der Waals surface area contributed by atoms with Gasteiger partial charge in [-0.1, -0.05) is 12.1 Å². The lowest BCUT2D eigenvalue weighted by Crippen LogP contribution is -2.58. The van der Waals surface area contributed by atoms with E-state index in [0.717, 1.165) is 0 Å². The number of carboxylic acid groups (broad SMARTS) is 2. The highest BCUT2D eigenvalue weighted by Gasteiger charge is 2.31. The van der Waals surface area contributed by atoms with Crippen LogP contribution in [0.1, 0.15) is 24.8 Å². The number of hydrogen-bond donors (Lipinski definition) is 10. The van der Waals surface area contributed by atoms with Gasteiger partial charge in [0.2, 0.25) is 17.7 Å². The summed E-state index contributed by atoms with van der Waals surface area (Å²) in [6.45, 7) is -0.630. The lowest BCUT2D eigenvalue weighted by molar-refractivity contribution is -0.143. The van der Waals surface area contributed by atoms with E-state index in [0.29, 0.717) is 5.56 Å². The van der Waals surface area contributed by atoms with Crippen LogP contribution in [0.15, 0.2) is 29.3 Å². The summed E-state index contributed by atoms with van der Waals surface area (Å²) in [4.78, 5) is 64.7. The quantitative estimate of drug-likeness (QED) is 0.0552. The molecule has 0 aromatic heterocycles. The minimum atomic E-state index is -1.70. The van der Waals surface area contributed by atoms with Crippen molar-refractivity contribution in [2.45, 2.75) is 49.9 Å². The van der Waals surface area contributed by atoms with Gasteiger partial charge in [0.15, 0.2) is 5.96 Å². The number of hydrogen-bond acceptors (Lipinski definition) is 9. The maximum atomic E-state index is 13.0. The molecule has 0 bridgehead atoms. The topological polar surface area (TPSA) is 293 Å². The monoisotopic (exact) mass is 539 g/mol. The van der Waals surface area contributed by atoms with Crippen molar-refractivity contribution in [3.8, 4) is 5.75 Å². The molecule has 0 fully saturated rings. The van der Waals surface area contributed by atoms with Gasteiger partial charge < -0.3 is 53.6 Å². The van der Waals surface area contributed by atoms with E-state index >= 15 is 0 Å². The largest absolute Gasteiger partial charge is 0.508 e. The number of carbonyl (C=O) groups is 5. The van der Waals surface area contributed by atoms with Gasteiger partial charge in [0, 0.05) is 13.0 Å². The van der Waals surface area contributed by atoms with E-state index in [1.807, 2.05) is 0 Å². The molecule has 0 aliphatic rings. The summed E-state index contributed by atoms with van der Waals surface area (Å²) in [5.41, 5.74) is 16.4. The molecule has 4 atom stereocenters. The predicted octanol–water partition coefficient (Wildman–Crippen LogP) is -3.68. The Morgan fingerprint density at radius 2 is 1.42 bits per heavy atom. The molecule has 0 saturated heterocycles. The first-order valence-electron chi connectivity index (χ1n) is 11.4. The standard InChI is InChI=1S/C22H33N7O9/c23-13(10-30)18(34)28-15(8-11-3-5-12(31)6-4-11)19(35)29-16(9-17(32)33)20(36)27-14(21(37)38)2-1-7-26-22(24)25/h3-6,13-16,30-31H,1-2,7-10,23H2,(H,27,36)(H,28,34)(H,29,35)(H,32,33)(H,37,38)(H4,24,25,26). The molecule has 4 unspecified atom stereocenters. The van der Waals surface area contributed by atoms with Crippen LogP contribution in [0.25, 0.3) is 0 Å². The number of aliphatic imine (C=N–C) groups is 1. The Bertz CT molecular complexity index is 1010. The van der Waals surface area contributed by atoms with Crippen molar-refractivity contribution >= 4 is 35.6 Å². The number of carbonyl (C=O) groups excluding carboxylic acids is 3. The number of nitrogens with one attached hydrogen (secondary N) is 3. The Kier molecular flexibility index (Phi) is 13.0. The van der Waals surface area contributed by atoms with Crippen LogP contribution in [-0.2, 0) is 30.4 Å². The van der Waals surface area contributed by atoms with Crippen molar-refractivity contribution < 1.29 is 44.4 Å². The molecule has 0 spiro atoms. The van der Waals surface area contributed by atoms with Crippen LogP contribution in [0.3, 0.4) is 0 Å². The van der Waals surface area contributed by atoms with Crippen LogP contribution >= 0.6 is 0 Å². The maximum Gasteiger partial charge on any atom is 0.326 e. The van der Waals surface area contributed by atoms with Gasteiger partial charge in [-0.2, -0.15) is 0 Å². The lowest BCUT2D eigenvalue weighted by atomic mass is 10.0. The van der Waals surface area contributed by atoms with E-state index in [1.165, 1.54) is 24.3 Å². The summed E-state index contributed by atoms with van der Waals surface area (Å²) in [5, 5.41) is 44.0. The number of aromatic hydroxyl groups is 1. The van der Waals surface area contributed by atoms with E-state index in [4.69, 9.17) is 22.3 Å². The smallest absolute Gasteiger partial charge is 0.326 e. The summed E-state index contributed by atoms with van der Waals surface area (Å²) in [6.07, 6.45) is -0.963. The van der Waals surface area contributed by atoms with Crippen molar-refractivity contribution in [3.63, 3.8) is 0 Å². The molecule has 3 amide bonds. The highest BCUT2D eigenvalue weighted by Crippen LogP contribution is 2.12. The molecule has 16 nitrogen and oxygen atoms in total. The second-order valence-electron chi connectivity index (χ2n) is 8.23. The van der Waals surface area contributed by atoms with E-state index < -0.39 is 66.9 Å². The normalized spacial score (nSPS) is 13.7. The number of phenolic OH excluding ortho intramolecular Hbond substituents is 1. The maximum absolute atomic E-state index is 13.0. The zero-order chi connectivity index (χ0) is 28.8. The number of rotatable bonds is 16. The highest BCUT2D eigenvalue weighted by atomic mass is 16.4. The number of aliphatic carboxylic acids is 2. The molecule has 0 saturated carbocycles. The van der Waals surface area contributed by atoms with E-state index in [2.05, 4.69) is 20.9 Å². The summed E-state index contributed by atoms with van der Waals surface area (Å²) in [6, 6.07) is -0.256. The zero-order valence-corrected chi connectivity index (χ0v) is 20.4. The van der Waals surface area contributed by atoms with Gasteiger partial charge in [-0.3, -0.25) is 24.2 Å². The first-order chi connectivity index (χ1) is 17.8. The zero-order valence-electron chi connectivity index (χ0n) is 20.4. The van der Waals surface area contributed by atoms with Crippen molar-refractivity contribution in [1.82, 2.24) is 16.0 Å². The minimum Gasteiger partial charge on any atom is -0.508 e. The van der Waals surface area contributed by atoms with Crippen molar-refractivity contribution in [1.29, 1.82) is 0 Å². The second kappa shape index (κ2) is 15.6. The first-order valence-corrected chi connectivity index (χ1v) is 11.4. The number of aliphatic hydroxyl groups excluding tert-OH is 1. The van der Waals surface area contributed by atoms with Gasteiger partial charge in [-0.25, -0.2) is 4.79 Å².